The number of ether oxygens (including phenoxy) is 2. The van der Waals surface area contributed by atoms with Crippen LogP contribution >= 0.6 is 0 Å². The lowest BCUT2D eigenvalue weighted by atomic mass is 9.88. The molecule has 0 saturated carbocycles. The summed E-state index contributed by atoms with van der Waals surface area (Å²) in [5, 5.41) is 3.94. The number of benzene rings is 3. The first-order chi connectivity index (χ1) is 18.6. The second kappa shape index (κ2) is 9.75. The number of nitrogens with zero attached hydrogens (tertiary/aromatic N) is 3. The number of rotatable bonds is 6. The fourth-order valence-corrected chi connectivity index (χ4v) is 5.10. The summed E-state index contributed by atoms with van der Waals surface area (Å²) in [6, 6.07) is 18.7. The van der Waals surface area contributed by atoms with E-state index < -0.39 is 5.76 Å². The molecule has 3 heterocycles. The Balaban J connectivity index is 1.50. The van der Waals surface area contributed by atoms with Crippen LogP contribution in [0.2, 0.25) is 0 Å². The molecule has 5 aromatic rings. The lowest BCUT2D eigenvalue weighted by Crippen LogP contribution is -2.07. The molecule has 1 aliphatic heterocycles. The van der Waals surface area contributed by atoms with Gasteiger partial charge in [0.25, 0.3) is 0 Å². The molecule has 2 aromatic heterocycles. The second-order valence-electron chi connectivity index (χ2n) is 9.11. The van der Waals surface area contributed by atoms with Gasteiger partial charge in [-0.3, -0.25) is 9.51 Å². The highest BCUT2D eigenvalue weighted by Gasteiger charge is 2.25. The molecule has 0 bridgehead atoms. The van der Waals surface area contributed by atoms with Gasteiger partial charge >= 0.3 is 5.76 Å². The topological polar surface area (TPSA) is 95.2 Å². The molecule has 1 N–H and O–H groups in total. The molecule has 0 aliphatic carbocycles. The van der Waals surface area contributed by atoms with Crippen molar-refractivity contribution in [1.82, 2.24) is 19.7 Å². The predicted octanol–water partition coefficient (Wildman–Crippen LogP) is 5.31. The van der Waals surface area contributed by atoms with Crippen molar-refractivity contribution in [2.45, 2.75) is 33.1 Å². The molecule has 0 fully saturated rings. The molecular weight excluding hydrogens is 487 g/mol. The van der Waals surface area contributed by atoms with Crippen LogP contribution in [-0.4, -0.2) is 26.8 Å². The largest absolute Gasteiger partial charge is 0.488 e. The summed E-state index contributed by atoms with van der Waals surface area (Å²) in [7, 11) is 1.66. The number of hydrogen-bond acceptors (Lipinski definition) is 6. The lowest BCUT2D eigenvalue weighted by molar-refractivity contribution is 0.175. The monoisotopic (exact) mass is 512 g/mol. The van der Waals surface area contributed by atoms with Gasteiger partial charge in [0.1, 0.15) is 30.6 Å². The third kappa shape index (κ3) is 4.20. The van der Waals surface area contributed by atoms with Gasteiger partial charge in [-0.25, -0.2) is 14.2 Å². The van der Waals surface area contributed by atoms with Crippen LogP contribution in [0.4, 0.5) is 4.39 Å². The van der Waals surface area contributed by atoms with Crippen LogP contribution in [0.25, 0.3) is 22.2 Å². The molecule has 38 heavy (non-hydrogen) atoms. The normalized spacial score (nSPS) is 14.1. The molecule has 0 spiro atoms. The summed E-state index contributed by atoms with van der Waals surface area (Å²) in [6.07, 6.45) is 0.553. The first-order valence-corrected chi connectivity index (χ1v) is 12.3. The maximum atomic E-state index is 14.2. The van der Waals surface area contributed by atoms with E-state index in [1.807, 2.05) is 37.3 Å². The Kier molecular flexibility index (Phi) is 6.13. The van der Waals surface area contributed by atoms with Crippen molar-refractivity contribution in [2.75, 3.05) is 7.11 Å². The molecule has 6 rings (SSSR count). The Morgan fingerprint density at radius 1 is 1.13 bits per heavy atom. The van der Waals surface area contributed by atoms with Gasteiger partial charge in [-0.1, -0.05) is 36.3 Å². The average Bonchev–Trinajstić information content (AvgIpc) is 3.45. The minimum atomic E-state index is -0.634. The van der Waals surface area contributed by atoms with Crippen molar-refractivity contribution >= 4 is 22.2 Å². The number of para-hydroxylation sites is 2. The van der Waals surface area contributed by atoms with E-state index in [4.69, 9.17) is 19.0 Å². The molecule has 1 aliphatic rings. The zero-order valence-corrected chi connectivity index (χ0v) is 21.0. The third-order valence-corrected chi connectivity index (χ3v) is 6.76. The molecule has 0 atom stereocenters. The Morgan fingerprint density at radius 3 is 2.76 bits per heavy atom. The molecule has 0 saturated heterocycles. The summed E-state index contributed by atoms with van der Waals surface area (Å²) in [4.78, 5) is 19.2. The number of H-pyrrole nitrogens is 1. The summed E-state index contributed by atoms with van der Waals surface area (Å²) in [5.74, 6) is 0.587. The zero-order chi connectivity index (χ0) is 26.2. The highest BCUT2D eigenvalue weighted by molar-refractivity contribution is 5.99. The van der Waals surface area contributed by atoms with Gasteiger partial charge in [-0.2, -0.15) is 0 Å². The van der Waals surface area contributed by atoms with Crippen molar-refractivity contribution in [3.8, 4) is 5.75 Å². The van der Waals surface area contributed by atoms with Crippen molar-refractivity contribution in [1.29, 1.82) is 0 Å². The van der Waals surface area contributed by atoms with E-state index in [0.717, 1.165) is 50.3 Å². The molecular formula is C29H25FN4O4. The standard InChI is InChI=1S/C29H25FN4O4/c1-3-20(28-32-29(35)38-33-28)27-21-10-8-17(12-18(21)15-37-25-13-19(30)9-11-22(25)27)14-34-24-7-5-4-6-23(24)31-26(34)16-36-2/h4-13H,3,14-16H2,1-2H3,(H,32,33,35)/b27-20+. The Morgan fingerprint density at radius 2 is 1.97 bits per heavy atom. The summed E-state index contributed by atoms with van der Waals surface area (Å²) >= 11 is 0. The molecule has 0 unspecified atom stereocenters. The summed E-state index contributed by atoms with van der Waals surface area (Å²) < 4.78 is 32.7. The summed E-state index contributed by atoms with van der Waals surface area (Å²) in [5.41, 5.74) is 7.16. The highest BCUT2D eigenvalue weighted by atomic mass is 19.1. The average molecular weight is 513 g/mol. The number of allylic oxidation sites excluding steroid dienone is 1. The number of nitrogens with one attached hydrogen (secondary N) is 1. The van der Waals surface area contributed by atoms with E-state index in [1.54, 1.807) is 13.2 Å². The Bertz CT molecular complexity index is 1750. The van der Waals surface area contributed by atoms with Crippen molar-refractivity contribution in [3.63, 3.8) is 0 Å². The van der Waals surface area contributed by atoms with Gasteiger partial charge in [-0.15, -0.1) is 0 Å². The number of fused-ring (bicyclic) bond motifs is 3. The number of methoxy groups -OCH3 is 1. The smallest absolute Gasteiger partial charge is 0.439 e. The zero-order valence-electron chi connectivity index (χ0n) is 21.0. The molecule has 8 nitrogen and oxygen atoms in total. The van der Waals surface area contributed by atoms with E-state index in [0.29, 0.717) is 31.1 Å². The van der Waals surface area contributed by atoms with Crippen LogP contribution in [0.1, 0.15) is 47.2 Å². The number of imidazole rings is 1. The van der Waals surface area contributed by atoms with Crippen LogP contribution in [0.5, 0.6) is 5.75 Å². The Labute approximate surface area is 217 Å². The predicted molar refractivity (Wildman–Crippen MR) is 140 cm³/mol. The number of hydrogen-bond donors (Lipinski definition) is 1. The lowest BCUT2D eigenvalue weighted by Gasteiger charge is -2.16. The Hall–Kier alpha value is -4.50. The SMILES string of the molecule is CC/C(=C1/c2ccc(Cn3c(COC)nc4ccccc43)cc2COc2cc(F)ccc21)c1noc(=O)[nH]1. The number of halogens is 1. The minimum absolute atomic E-state index is 0.255. The van der Waals surface area contributed by atoms with Gasteiger partial charge < -0.3 is 14.0 Å². The third-order valence-electron chi connectivity index (χ3n) is 6.76. The quantitative estimate of drug-likeness (QED) is 0.331. The van der Waals surface area contributed by atoms with E-state index in [9.17, 15) is 9.18 Å². The molecule has 192 valence electrons. The molecule has 0 radical (unpaired) electrons. The van der Waals surface area contributed by atoms with Gasteiger partial charge in [0.05, 0.1) is 11.0 Å². The highest BCUT2D eigenvalue weighted by Crippen LogP contribution is 2.42. The number of aromatic nitrogens is 4. The maximum absolute atomic E-state index is 14.2. The van der Waals surface area contributed by atoms with Crippen LogP contribution < -0.4 is 10.5 Å². The van der Waals surface area contributed by atoms with Gasteiger partial charge in [0.2, 0.25) is 0 Å². The minimum Gasteiger partial charge on any atom is -0.488 e. The van der Waals surface area contributed by atoms with E-state index >= 15 is 0 Å². The fraction of sp³-hybridized carbons (Fsp3) is 0.207. The van der Waals surface area contributed by atoms with E-state index in [1.165, 1.54) is 12.1 Å². The van der Waals surface area contributed by atoms with Gasteiger partial charge in [0.15, 0.2) is 5.82 Å². The first kappa shape index (κ1) is 23.9. The van der Waals surface area contributed by atoms with Crippen molar-refractivity contribution < 1.29 is 18.4 Å². The molecule has 3 aromatic carbocycles. The van der Waals surface area contributed by atoms with Gasteiger partial charge in [-0.05, 0) is 53.4 Å². The van der Waals surface area contributed by atoms with Gasteiger partial charge in [0, 0.05) is 36.4 Å². The maximum Gasteiger partial charge on any atom is 0.439 e. The van der Waals surface area contributed by atoms with E-state index in [2.05, 4.69) is 26.8 Å². The van der Waals surface area contributed by atoms with E-state index in [-0.39, 0.29) is 12.4 Å². The van der Waals surface area contributed by atoms with Crippen LogP contribution in [0.3, 0.4) is 0 Å². The summed E-state index contributed by atoms with van der Waals surface area (Å²) in [6.45, 7) is 3.21. The molecule has 0 amide bonds. The number of aromatic amines is 1. The van der Waals surface area contributed by atoms with Crippen LogP contribution in [0, 0.1) is 5.82 Å². The van der Waals surface area contributed by atoms with Crippen molar-refractivity contribution in [3.05, 3.63) is 111 Å². The molecule has 9 heteroatoms. The second-order valence-corrected chi connectivity index (χ2v) is 9.11. The van der Waals surface area contributed by atoms with Crippen molar-refractivity contribution in [2.24, 2.45) is 0 Å². The fourth-order valence-electron chi connectivity index (χ4n) is 5.10. The first-order valence-electron chi connectivity index (χ1n) is 12.3. The van der Waals surface area contributed by atoms with Crippen LogP contribution in [-0.2, 0) is 24.5 Å². The van der Waals surface area contributed by atoms with Crippen LogP contribution in [0.15, 0.2) is 70.0 Å².